The highest BCUT2D eigenvalue weighted by atomic mass is 32.2. The fraction of sp³-hybridized carbons (Fsp3) is 0.550. The van der Waals surface area contributed by atoms with E-state index in [9.17, 15) is 4.79 Å². The van der Waals surface area contributed by atoms with Crippen LogP contribution in [0.1, 0.15) is 53.5 Å². The first kappa shape index (κ1) is 18.3. The van der Waals surface area contributed by atoms with Crippen molar-refractivity contribution in [3.05, 3.63) is 35.7 Å². The van der Waals surface area contributed by atoms with Crippen LogP contribution in [0, 0.1) is 13.8 Å². The van der Waals surface area contributed by atoms with Crippen LogP contribution in [0.25, 0.3) is 0 Å². The highest BCUT2D eigenvalue weighted by Gasteiger charge is 2.32. The van der Waals surface area contributed by atoms with Crippen molar-refractivity contribution in [2.45, 2.75) is 57.3 Å². The minimum Gasteiger partial charge on any atom is -0.345 e. The van der Waals surface area contributed by atoms with E-state index in [0.29, 0.717) is 11.8 Å². The number of rotatable bonds is 8. The van der Waals surface area contributed by atoms with E-state index >= 15 is 0 Å². The van der Waals surface area contributed by atoms with Crippen molar-refractivity contribution in [3.63, 3.8) is 0 Å². The zero-order chi connectivity index (χ0) is 19.0. The average molecular weight is 386 g/mol. The molecule has 0 unspecified atom stereocenters. The van der Waals surface area contributed by atoms with E-state index in [0.717, 1.165) is 47.7 Å². The molecule has 0 amide bonds. The number of hydrogen-bond acceptors (Lipinski definition) is 5. The molecule has 0 spiro atoms. The van der Waals surface area contributed by atoms with Crippen LogP contribution < -0.4 is 4.90 Å². The van der Waals surface area contributed by atoms with Crippen LogP contribution in [0.4, 0.5) is 5.95 Å². The predicted molar refractivity (Wildman–Crippen MR) is 109 cm³/mol. The minimum absolute atomic E-state index is 0.150. The SMILES string of the molecule is C=CCn1c(C)cc(C(=O)CSc2nnc(N3CCCC3)n2C2CC2)c1C. The van der Waals surface area contributed by atoms with Gasteiger partial charge in [0.2, 0.25) is 5.95 Å². The standard InChI is InChI=1S/C20H27N5OS/c1-4-9-24-14(2)12-17(15(24)3)18(26)13-27-20-22-21-19(23-10-5-6-11-23)25(20)16-7-8-16/h4,12,16H,1,5-11,13H2,2-3H3. The van der Waals surface area contributed by atoms with E-state index in [4.69, 9.17) is 0 Å². The smallest absolute Gasteiger partial charge is 0.228 e. The van der Waals surface area contributed by atoms with Gasteiger partial charge in [-0.3, -0.25) is 9.36 Å². The summed E-state index contributed by atoms with van der Waals surface area (Å²) in [5.41, 5.74) is 2.91. The molecule has 0 bridgehead atoms. The quantitative estimate of drug-likeness (QED) is 0.393. The molecule has 144 valence electrons. The van der Waals surface area contributed by atoms with Gasteiger partial charge in [-0.2, -0.15) is 0 Å². The molecule has 2 fully saturated rings. The maximum atomic E-state index is 12.8. The first-order valence-corrected chi connectivity index (χ1v) is 10.7. The molecular weight excluding hydrogens is 358 g/mol. The molecule has 0 radical (unpaired) electrons. The lowest BCUT2D eigenvalue weighted by Crippen LogP contribution is -2.22. The largest absolute Gasteiger partial charge is 0.345 e. The second kappa shape index (κ2) is 7.54. The molecule has 0 aromatic carbocycles. The molecule has 2 aromatic heterocycles. The Morgan fingerprint density at radius 1 is 1.30 bits per heavy atom. The van der Waals surface area contributed by atoms with Crippen LogP contribution in [0.15, 0.2) is 23.9 Å². The van der Waals surface area contributed by atoms with Crippen LogP contribution >= 0.6 is 11.8 Å². The van der Waals surface area contributed by atoms with E-state index in [1.165, 1.54) is 37.4 Å². The number of anilines is 1. The van der Waals surface area contributed by atoms with Crippen LogP contribution in [0.5, 0.6) is 0 Å². The number of nitrogens with zero attached hydrogens (tertiary/aromatic N) is 5. The number of carbonyl (C=O) groups excluding carboxylic acids is 1. The molecule has 1 saturated heterocycles. The summed E-state index contributed by atoms with van der Waals surface area (Å²) < 4.78 is 4.40. The Bertz CT molecular complexity index is 858. The van der Waals surface area contributed by atoms with Crippen molar-refractivity contribution >= 4 is 23.5 Å². The third kappa shape index (κ3) is 3.57. The summed E-state index contributed by atoms with van der Waals surface area (Å²) in [5.74, 6) is 1.54. The first-order chi connectivity index (χ1) is 13.1. The molecule has 0 N–H and O–H groups in total. The van der Waals surface area contributed by atoms with E-state index < -0.39 is 0 Å². The maximum absolute atomic E-state index is 12.8. The van der Waals surface area contributed by atoms with Gasteiger partial charge in [0, 0.05) is 42.6 Å². The Balaban J connectivity index is 1.50. The number of carbonyl (C=O) groups is 1. The second-order valence-electron chi connectivity index (χ2n) is 7.47. The van der Waals surface area contributed by atoms with E-state index in [-0.39, 0.29) is 5.78 Å². The van der Waals surface area contributed by atoms with Gasteiger partial charge in [-0.25, -0.2) is 0 Å². The molecule has 6 nitrogen and oxygen atoms in total. The summed E-state index contributed by atoms with van der Waals surface area (Å²) in [6.45, 7) is 10.7. The van der Waals surface area contributed by atoms with Gasteiger partial charge in [0.25, 0.3) is 0 Å². The molecule has 2 aromatic rings. The lowest BCUT2D eigenvalue weighted by Gasteiger charge is -2.17. The van der Waals surface area contributed by atoms with Gasteiger partial charge in [-0.05, 0) is 45.6 Å². The number of Topliss-reactive ketones (excluding diaryl/α,β-unsaturated/α-hetero) is 1. The van der Waals surface area contributed by atoms with Gasteiger partial charge < -0.3 is 9.47 Å². The normalized spacial score (nSPS) is 16.9. The van der Waals surface area contributed by atoms with Gasteiger partial charge in [-0.15, -0.1) is 16.8 Å². The molecule has 7 heteroatoms. The zero-order valence-electron chi connectivity index (χ0n) is 16.1. The van der Waals surface area contributed by atoms with E-state index in [1.54, 1.807) is 0 Å². The van der Waals surface area contributed by atoms with Crippen molar-refractivity contribution in [2.75, 3.05) is 23.7 Å². The summed E-state index contributed by atoms with van der Waals surface area (Å²) in [4.78, 5) is 15.2. The van der Waals surface area contributed by atoms with Gasteiger partial charge in [0.15, 0.2) is 10.9 Å². The second-order valence-corrected chi connectivity index (χ2v) is 8.42. The van der Waals surface area contributed by atoms with Gasteiger partial charge in [0.05, 0.1) is 5.75 Å². The minimum atomic E-state index is 0.150. The molecule has 1 saturated carbocycles. The molecule has 1 aliphatic carbocycles. The average Bonchev–Trinajstić information content (AvgIpc) is 3.06. The Hall–Kier alpha value is -2.02. The van der Waals surface area contributed by atoms with Crippen molar-refractivity contribution in [3.8, 4) is 0 Å². The fourth-order valence-corrected chi connectivity index (χ4v) is 4.74. The number of allylic oxidation sites excluding steroid dienone is 1. The number of ketones is 1. The molecule has 0 atom stereocenters. The highest BCUT2D eigenvalue weighted by molar-refractivity contribution is 7.99. The van der Waals surface area contributed by atoms with Gasteiger partial charge in [0.1, 0.15) is 0 Å². The summed E-state index contributed by atoms with van der Waals surface area (Å²) in [6, 6.07) is 2.49. The van der Waals surface area contributed by atoms with E-state index in [1.807, 2.05) is 26.0 Å². The lowest BCUT2D eigenvalue weighted by molar-refractivity contribution is 0.102. The molecular formula is C20H27N5OS. The van der Waals surface area contributed by atoms with Gasteiger partial charge >= 0.3 is 0 Å². The Labute approximate surface area is 164 Å². The van der Waals surface area contributed by atoms with Gasteiger partial charge in [-0.1, -0.05) is 17.8 Å². The third-order valence-corrected chi connectivity index (χ3v) is 6.41. The predicted octanol–water partition coefficient (Wildman–Crippen LogP) is 3.79. The number of hydrogen-bond donors (Lipinski definition) is 0. The van der Waals surface area contributed by atoms with Crippen molar-refractivity contribution < 1.29 is 4.79 Å². The topological polar surface area (TPSA) is 56.0 Å². The van der Waals surface area contributed by atoms with Crippen LogP contribution in [-0.4, -0.2) is 44.0 Å². The summed E-state index contributed by atoms with van der Waals surface area (Å²) >= 11 is 1.52. The zero-order valence-corrected chi connectivity index (χ0v) is 17.0. The summed E-state index contributed by atoms with van der Waals surface area (Å²) in [7, 11) is 0. The number of aryl methyl sites for hydroxylation is 1. The van der Waals surface area contributed by atoms with Crippen molar-refractivity contribution in [1.82, 2.24) is 19.3 Å². The Morgan fingerprint density at radius 2 is 2.04 bits per heavy atom. The number of thioether (sulfide) groups is 1. The molecule has 1 aliphatic heterocycles. The molecule has 27 heavy (non-hydrogen) atoms. The molecule has 3 heterocycles. The number of aromatic nitrogens is 4. The third-order valence-electron chi connectivity index (χ3n) is 5.47. The lowest BCUT2D eigenvalue weighted by atomic mass is 10.2. The Kier molecular flexibility index (Phi) is 5.12. The monoisotopic (exact) mass is 385 g/mol. The molecule has 2 aliphatic rings. The summed E-state index contributed by atoms with van der Waals surface area (Å²) in [6.07, 6.45) is 6.67. The van der Waals surface area contributed by atoms with Crippen LogP contribution in [0.3, 0.4) is 0 Å². The fourth-order valence-electron chi connectivity index (χ4n) is 3.85. The molecule has 4 rings (SSSR count). The van der Waals surface area contributed by atoms with Crippen LogP contribution in [-0.2, 0) is 6.54 Å². The van der Waals surface area contributed by atoms with Crippen LogP contribution in [0.2, 0.25) is 0 Å². The first-order valence-electron chi connectivity index (χ1n) is 9.73. The summed E-state index contributed by atoms with van der Waals surface area (Å²) in [5, 5.41) is 9.77. The highest BCUT2D eigenvalue weighted by Crippen LogP contribution is 2.41. The Morgan fingerprint density at radius 3 is 2.70 bits per heavy atom. The van der Waals surface area contributed by atoms with E-state index in [2.05, 4.69) is 30.8 Å². The van der Waals surface area contributed by atoms with Crippen molar-refractivity contribution in [1.29, 1.82) is 0 Å². The van der Waals surface area contributed by atoms with Crippen molar-refractivity contribution in [2.24, 2.45) is 0 Å². The maximum Gasteiger partial charge on any atom is 0.228 e.